The maximum Gasteiger partial charge on any atom is 0 e. The Bertz CT molecular complexity index is 905. The molecule has 0 bridgehead atoms. The van der Waals surface area contributed by atoms with E-state index in [0.29, 0.717) is 0 Å². The van der Waals surface area contributed by atoms with Crippen LogP contribution in [0.5, 0.6) is 0 Å². The normalized spacial score (nSPS) is 18.6. The first-order valence-electron chi connectivity index (χ1n) is 11.7. The standard InChI is InChI=1S/C28H33.Zr/c1-3-8-21(9-4-1)18-22-19-26-12-7-13-27(28(26)20-22)25-16-14-24(15-17-25)23-10-5-2-6-11-23;/h7,12-17,19-21,23H,1-6,8-11,18H2;/q-1;. The minimum absolute atomic E-state index is 0. The van der Waals surface area contributed by atoms with Crippen LogP contribution in [0.3, 0.4) is 0 Å². The molecule has 0 amide bonds. The fraction of sp³-hybridized carbons (Fsp3) is 0.464. The molecule has 0 saturated heterocycles. The van der Waals surface area contributed by atoms with E-state index < -0.39 is 0 Å². The van der Waals surface area contributed by atoms with E-state index in [1.807, 2.05) is 0 Å². The second-order valence-electron chi connectivity index (χ2n) is 9.34. The Morgan fingerprint density at radius 1 is 0.759 bits per heavy atom. The van der Waals surface area contributed by atoms with Gasteiger partial charge in [0.1, 0.15) is 0 Å². The summed E-state index contributed by atoms with van der Waals surface area (Å²) in [6.07, 6.45) is 15.4. The number of hydrogen-bond acceptors (Lipinski definition) is 0. The van der Waals surface area contributed by atoms with Crippen molar-refractivity contribution in [2.24, 2.45) is 5.92 Å². The van der Waals surface area contributed by atoms with Crippen LogP contribution in [0.4, 0.5) is 0 Å². The molecule has 150 valence electrons. The summed E-state index contributed by atoms with van der Waals surface area (Å²) >= 11 is 0. The van der Waals surface area contributed by atoms with E-state index in [1.54, 1.807) is 11.1 Å². The SMILES string of the molecule is [Zr].c1cc(-c2ccc(C3CCCCC3)cc2)c2cc(CC3CCCCC3)[cH-]c2c1. The van der Waals surface area contributed by atoms with Gasteiger partial charge in [-0.3, -0.25) is 0 Å². The molecule has 0 radical (unpaired) electrons. The van der Waals surface area contributed by atoms with Crippen molar-refractivity contribution in [3.8, 4) is 11.1 Å². The summed E-state index contributed by atoms with van der Waals surface area (Å²) in [5.74, 6) is 1.70. The molecule has 0 unspecified atom stereocenters. The molecule has 3 aromatic rings. The Balaban J connectivity index is 0.00000205. The molecular formula is C28H33Zr-. The van der Waals surface area contributed by atoms with Crippen molar-refractivity contribution in [3.05, 3.63) is 65.7 Å². The third-order valence-electron chi connectivity index (χ3n) is 7.36. The first kappa shape index (κ1) is 21.2. The van der Waals surface area contributed by atoms with Crippen LogP contribution in [-0.4, -0.2) is 0 Å². The predicted molar refractivity (Wildman–Crippen MR) is 121 cm³/mol. The van der Waals surface area contributed by atoms with Crippen LogP contribution in [0.1, 0.15) is 81.3 Å². The number of rotatable bonds is 4. The largest absolute Gasteiger partial charge is 0.164 e. The van der Waals surface area contributed by atoms with Gasteiger partial charge in [0.25, 0.3) is 0 Å². The third-order valence-corrected chi connectivity index (χ3v) is 7.36. The zero-order chi connectivity index (χ0) is 18.8. The summed E-state index contributed by atoms with van der Waals surface area (Å²) in [5, 5.41) is 2.86. The van der Waals surface area contributed by atoms with Gasteiger partial charge in [-0.1, -0.05) is 87.3 Å². The van der Waals surface area contributed by atoms with Gasteiger partial charge in [0.15, 0.2) is 0 Å². The molecule has 0 heterocycles. The van der Waals surface area contributed by atoms with E-state index in [0.717, 1.165) is 11.8 Å². The predicted octanol–water partition coefficient (Wildman–Crippen LogP) is 8.39. The minimum Gasteiger partial charge on any atom is -0.164 e. The van der Waals surface area contributed by atoms with Crippen molar-refractivity contribution in [2.75, 3.05) is 0 Å². The van der Waals surface area contributed by atoms with Gasteiger partial charge in [-0.2, -0.15) is 6.07 Å². The zero-order valence-corrected chi connectivity index (χ0v) is 20.1. The molecule has 0 N–H and O–H groups in total. The molecule has 29 heavy (non-hydrogen) atoms. The minimum atomic E-state index is 0. The van der Waals surface area contributed by atoms with E-state index in [-0.39, 0.29) is 26.2 Å². The average molecular weight is 461 g/mol. The van der Waals surface area contributed by atoms with Crippen LogP contribution in [0.2, 0.25) is 0 Å². The van der Waals surface area contributed by atoms with E-state index in [1.165, 1.54) is 92.5 Å². The van der Waals surface area contributed by atoms with Gasteiger partial charge in [0.2, 0.25) is 0 Å². The van der Waals surface area contributed by atoms with Crippen molar-refractivity contribution in [2.45, 2.75) is 76.5 Å². The molecule has 0 aromatic heterocycles. The van der Waals surface area contributed by atoms with Crippen molar-refractivity contribution >= 4 is 10.8 Å². The van der Waals surface area contributed by atoms with E-state index in [9.17, 15) is 0 Å². The Morgan fingerprint density at radius 3 is 2.17 bits per heavy atom. The maximum atomic E-state index is 2.48. The Morgan fingerprint density at radius 2 is 1.45 bits per heavy atom. The molecule has 1 heteroatoms. The summed E-state index contributed by atoms with van der Waals surface area (Å²) in [5.41, 5.74) is 5.88. The summed E-state index contributed by atoms with van der Waals surface area (Å²) in [6, 6.07) is 21.3. The molecular weight excluding hydrogens is 428 g/mol. The van der Waals surface area contributed by atoms with Crippen molar-refractivity contribution in [1.82, 2.24) is 0 Å². The van der Waals surface area contributed by atoms with Crippen LogP contribution in [-0.2, 0) is 32.6 Å². The van der Waals surface area contributed by atoms with Gasteiger partial charge in [-0.15, -0.1) is 34.5 Å². The van der Waals surface area contributed by atoms with Gasteiger partial charge < -0.3 is 0 Å². The average Bonchev–Trinajstić information content (AvgIpc) is 3.18. The fourth-order valence-corrected chi connectivity index (χ4v) is 5.76. The Hall–Kier alpha value is -1.07. The van der Waals surface area contributed by atoms with Crippen LogP contribution in [0.15, 0.2) is 54.6 Å². The topological polar surface area (TPSA) is 0 Å². The van der Waals surface area contributed by atoms with Gasteiger partial charge in [-0.05, 0) is 42.2 Å². The molecule has 2 aliphatic carbocycles. The summed E-state index contributed by atoms with van der Waals surface area (Å²) in [7, 11) is 0. The van der Waals surface area contributed by atoms with Crippen molar-refractivity contribution < 1.29 is 26.2 Å². The number of fused-ring (bicyclic) bond motifs is 1. The first-order chi connectivity index (χ1) is 13.9. The Kier molecular flexibility index (Phi) is 7.18. The van der Waals surface area contributed by atoms with Crippen molar-refractivity contribution in [1.29, 1.82) is 0 Å². The van der Waals surface area contributed by atoms with Crippen molar-refractivity contribution in [3.63, 3.8) is 0 Å². The van der Waals surface area contributed by atoms with Crippen LogP contribution in [0, 0.1) is 5.92 Å². The fourth-order valence-electron chi connectivity index (χ4n) is 5.76. The first-order valence-corrected chi connectivity index (χ1v) is 11.7. The quantitative estimate of drug-likeness (QED) is 0.343. The summed E-state index contributed by atoms with van der Waals surface area (Å²) in [6.45, 7) is 0. The van der Waals surface area contributed by atoms with E-state index >= 15 is 0 Å². The molecule has 2 fully saturated rings. The molecule has 0 aliphatic heterocycles. The van der Waals surface area contributed by atoms with Gasteiger partial charge >= 0.3 is 0 Å². The van der Waals surface area contributed by atoms with E-state index in [4.69, 9.17) is 0 Å². The zero-order valence-electron chi connectivity index (χ0n) is 17.6. The molecule has 3 aromatic carbocycles. The number of benzene rings is 2. The number of hydrogen-bond donors (Lipinski definition) is 0. The smallest absolute Gasteiger partial charge is 0 e. The maximum absolute atomic E-state index is 2.48. The second kappa shape index (κ2) is 9.83. The van der Waals surface area contributed by atoms with E-state index in [2.05, 4.69) is 54.6 Å². The molecule has 5 rings (SSSR count). The molecule has 0 atom stereocenters. The molecule has 0 nitrogen and oxygen atoms in total. The second-order valence-corrected chi connectivity index (χ2v) is 9.34. The molecule has 0 spiro atoms. The van der Waals surface area contributed by atoms with Crippen LogP contribution >= 0.6 is 0 Å². The molecule has 2 aliphatic rings. The van der Waals surface area contributed by atoms with Crippen LogP contribution in [0.25, 0.3) is 21.9 Å². The van der Waals surface area contributed by atoms with Gasteiger partial charge in [0.05, 0.1) is 0 Å². The molecule has 2 saturated carbocycles. The van der Waals surface area contributed by atoms with Gasteiger partial charge in [-0.25, -0.2) is 0 Å². The Labute approximate surface area is 195 Å². The monoisotopic (exact) mass is 459 g/mol. The van der Waals surface area contributed by atoms with Crippen LogP contribution < -0.4 is 0 Å². The summed E-state index contributed by atoms with van der Waals surface area (Å²) in [4.78, 5) is 0. The third kappa shape index (κ3) is 4.82. The van der Waals surface area contributed by atoms with Gasteiger partial charge in [0, 0.05) is 26.2 Å². The summed E-state index contributed by atoms with van der Waals surface area (Å²) < 4.78 is 0.